The molecule has 0 spiro atoms. The van der Waals surface area contributed by atoms with Gasteiger partial charge in [0, 0.05) is 19.1 Å². The normalized spacial score (nSPS) is 18.2. The van der Waals surface area contributed by atoms with E-state index in [1.54, 1.807) is 0 Å². The highest BCUT2D eigenvalue weighted by atomic mass is 32.2. The molecule has 2 fully saturated rings. The topological polar surface area (TPSA) is 105 Å². The van der Waals surface area contributed by atoms with Crippen molar-refractivity contribution in [3.8, 4) is 5.75 Å². The van der Waals surface area contributed by atoms with Crippen LogP contribution in [-0.4, -0.2) is 57.3 Å². The van der Waals surface area contributed by atoms with Gasteiger partial charge in [-0.3, -0.25) is 9.59 Å². The van der Waals surface area contributed by atoms with Crippen molar-refractivity contribution in [3.05, 3.63) is 23.8 Å². The van der Waals surface area contributed by atoms with Gasteiger partial charge in [0.2, 0.25) is 15.9 Å². The van der Waals surface area contributed by atoms with Crippen LogP contribution in [0, 0.1) is 0 Å². The van der Waals surface area contributed by atoms with Gasteiger partial charge in [0.15, 0.2) is 0 Å². The lowest BCUT2D eigenvalue weighted by atomic mass is 10.2. The van der Waals surface area contributed by atoms with Gasteiger partial charge in [0.05, 0.1) is 24.1 Å². The van der Waals surface area contributed by atoms with E-state index in [4.69, 9.17) is 4.74 Å². The maximum Gasteiger partial charge on any atom is 0.255 e. The third kappa shape index (κ3) is 5.02. The zero-order valence-electron chi connectivity index (χ0n) is 16.1. The molecular formula is C19H27N3O5S. The van der Waals surface area contributed by atoms with Crippen LogP contribution in [0.5, 0.6) is 5.75 Å². The SMILES string of the molecule is COc1ccc(S(=O)(=O)N2CCCCCC2)cc1C(=O)NCC(=O)NC1CC1. The maximum absolute atomic E-state index is 13.0. The molecule has 3 rings (SSSR count). The van der Waals surface area contributed by atoms with Crippen molar-refractivity contribution >= 4 is 21.8 Å². The van der Waals surface area contributed by atoms with E-state index in [9.17, 15) is 18.0 Å². The average molecular weight is 410 g/mol. The smallest absolute Gasteiger partial charge is 0.255 e. The zero-order chi connectivity index (χ0) is 20.1. The predicted octanol–water partition coefficient (Wildman–Crippen LogP) is 1.27. The Balaban J connectivity index is 1.76. The number of carbonyl (C=O) groups is 2. The highest BCUT2D eigenvalue weighted by molar-refractivity contribution is 7.89. The van der Waals surface area contributed by atoms with Gasteiger partial charge in [-0.25, -0.2) is 8.42 Å². The first kappa shape index (κ1) is 20.6. The molecule has 0 atom stereocenters. The summed E-state index contributed by atoms with van der Waals surface area (Å²) in [5, 5.41) is 5.32. The van der Waals surface area contributed by atoms with E-state index in [-0.39, 0.29) is 34.7 Å². The molecule has 1 saturated carbocycles. The molecule has 0 radical (unpaired) electrons. The lowest BCUT2D eigenvalue weighted by Gasteiger charge is -2.20. The summed E-state index contributed by atoms with van der Waals surface area (Å²) in [5.74, 6) is -0.547. The molecule has 1 saturated heterocycles. The molecule has 2 aliphatic rings. The number of hydrogen-bond donors (Lipinski definition) is 2. The van der Waals surface area contributed by atoms with Crippen LogP contribution in [0.1, 0.15) is 48.9 Å². The molecule has 28 heavy (non-hydrogen) atoms. The quantitative estimate of drug-likeness (QED) is 0.706. The Morgan fingerprint density at radius 3 is 2.43 bits per heavy atom. The molecule has 1 heterocycles. The second-order valence-electron chi connectivity index (χ2n) is 7.20. The Bertz CT molecular complexity index is 828. The molecule has 0 unspecified atom stereocenters. The second kappa shape index (κ2) is 8.91. The van der Waals surface area contributed by atoms with E-state index in [2.05, 4.69) is 10.6 Å². The molecule has 2 amide bonds. The number of ether oxygens (including phenoxy) is 1. The lowest BCUT2D eigenvalue weighted by molar-refractivity contribution is -0.120. The summed E-state index contributed by atoms with van der Waals surface area (Å²) in [4.78, 5) is 24.4. The van der Waals surface area contributed by atoms with Crippen molar-refractivity contribution in [2.75, 3.05) is 26.7 Å². The van der Waals surface area contributed by atoms with Crippen LogP contribution in [0.4, 0.5) is 0 Å². The Labute approximate surface area is 165 Å². The monoisotopic (exact) mass is 409 g/mol. The summed E-state index contributed by atoms with van der Waals surface area (Å²) in [6.45, 7) is 0.802. The number of amides is 2. The minimum atomic E-state index is -3.69. The second-order valence-corrected chi connectivity index (χ2v) is 9.14. The fraction of sp³-hybridized carbons (Fsp3) is 0.579. The van der Waals surface area contributed by atoms with Crippen molar-refractivity contribution in [2.45, 2.75) is 49.5 Å². The van der Waals surface area contributed by atoms with Crippen LogP contribution in [0.3, 0.4) is 0 Å². The van der Waals surface area contributed by atoms with Crippen LogP contribution in [-0.2, 0) is 14.8 Å². The number of nitrogens with one attached hydrogen (secondary N) is 2. The first-order valence-corrected chi connectivity index (χ1v) is 11.1. The van der Waals surface area contributed by atoms with Crippen LogP contribution < -0.4 is 15.4 Å². The first-order chi connectivity index (χ1) is 13.4. The first-order valence-electron chi connectivity index (χ1n) is 9.67. The number of sulfonamides is 1. The molecule has 154 valence electrons. The summed E-state index contributed by atoms with van der Waals surface area (Å²) in [6.07, 6.45) is 5.63. The summed E-state index contributed by atoms with van der Waals surface area (Å²) >= 11 is 0. The Morgan fingerprint density at radius 2 is 1.82 bits per heavy atom. The standard InChI is InChI=1S/C19H27N3O5S/c1-27-17-9-8-15(28(25,26)22-10-4-2-3-5-11-22)12-16(17)19(24)20-13-18(23)21-14-6-7-14/h8-9,12,14H,2-7,10-11,13H2,1H3,(H,20,24)(H,21,23). The van der Waals surface area contributed by atoms with E-state index in [0.717, 1.165) is 38.5 Å². The fourth-order valence-electron chi connectivity index (χ4n) is 3.22. The Hall–Kier alpha value is -2.13. The van der Waals surface area contributed by atoms with E-state index >= 15 is 0 Å². The number of rotatable bonds is 7. The summed E-state index contributed by atoms with van der Waals surface area (Å²) in [5.41, 5.74) is 0.0950. The van der Waals surface area contributed by atoms with Gasteiger partial charge >= 0.3 is 0 Å². The average Bonchev–Trinajstić information content (AvgIpc) is 3.52. The summed E-state index contributed by atoms with van der Waals surface area (Å²) < 4.78 is 32.7. The van der Waals surface area contributed by atoms with Gasteiger partial charge in [0.1, 0.15) is 5.75 Å². The summed E-state index contributed by atoms with van der Waals surface area (Å²) in [6, 6.07) is 4.47. The van der Waals surface area contributed by atoms with Crippen LogP contribution in [0.15, 0.2) is 23.1 Å². The van der Waals surface area contributed by atoms with Gasteiger partial charge in [-0.1, -0.05) is 12.8 Å². The van der Waals surface area contributed by atoms with Gasteiger partial charge in [-0.05, 0) is 43.9 Å². The molecular weight excluding hydrogens is 382 g/mol. The van der Waals surface area contributed by atoms with E-state index in [0.29, 0.717) is 13.1 Å². The van der Waals surface area contributed by atoms with E-state index < -0.39 is 15.9 Å². The van der Waals surface area contributed by atoms with Crippen molar-refractivity contribution in [2.24, 2.45) is 0 Å². The predicted molar refractivity (Wildman–Crippen MR) is 104 cm³/mol. The molecule has 9 heteroatoms. The number of benzene rings is 1. The fourth-order valence-corrected chi connectivity index (χ4v) is 4.76. The Kier molecular flexibility index (Phi) is 6.56. The van der Waals surface area contributed by atoms with Crippen LogP contribution in [0.2, 0.25) is 0 Å². The molecule has 1 aliphatic heterocycles. The maximum atomic E-state index is 13.0. The van der Waals surface area contributed by atoms with Crippen molar-refractivity contribution < 1.29 is 22.7 Å². The molecule has 8 nitrogen and oxygen atoms in total. The third-order valence-electron chi connectivity index (χ3n) is 4.97. The van der Waals surface area contributed by atoms with Crippen LogP contribution in [0.25, 0.3) is 0 Å². The van der Waals surface area contributed by atoms with E-state index in [1.807, 2.05) is 0 Å². The largest absolute Gasteiger partial charge is 0.496 e. The molecule has 0 aromatic heterocycles. The number of methoxy groups -OCH3 is 1. The molecule has 0 bridgehead atoms. The van der Waals surface area contributed by atoms with Gasteiger partial charge in [0.25, 0.3) is 5.91 Å². The van der Waals surface area contributed by atoms with Crippen molar-refractivity contribution in [3.63, 3.8) is 0 Å². The minimum Gasteiger partial charge on any atom is -0.496 e. The molecule has 1 aromatic carbocycles. The lowest BCUT2D eigenvalue weighted by Crippen LogP contribution is -2.38. The van der Waals surface area contributed by atoms with Crippen molar-refractivity contribution in [1.29, 1.82) is 0 Å². The van der Waals surface area contributed by atoms with E-state index in [1.165, 1.54) is 29.6 Å². The number of hydrogen-bond acceptors (Lipinski definition) is 5. The molecule has 1 aliphatic carbocycles. The van der Waals surface area contributed by atoms with Gasteiger partial charge < -0.3 is 15.4 Å². The van der Waals surface area contributed by atoms with Crippen LogP contribution >= 0.6 is 0 Å². The zero-order valence-corrected chi connectivity index (χ0v) is 16.9. The minimum absolute atomic E-state index is 0.0581. The van der Waals surface area contributed by atoms with Crippen molar-refractivity contribution in [1.82, 2.24) is 14.9 Å². The van der Waals surface area contributed by atoms with Gasteiger partial charge in [-0.15, -0.1) is 0 Å². The highest BCUT2D eigenvalue weighted by Crippen LogP contribution is 2.26. The number of nitrogens with zero attached hydrogens (tertiary/aromatic N) is 1. The van der Waals surface area contributed by atoms with Gasteiger partial charge in [-0.2, -0.15) is 4.31 Å². The summed E-state index contributed by atoms with van der Waals surface area (Å²) in [7, 11) is -2.28. The number of carbonyl (C=O) groups excluding carboxylic acids is 2. The molecule has 2 N–H and O–H groups in total. The third-order valence-corrected chi connectivity index (χ3v) is 6.86. The highest BCUT2D eigenvalue weighted by Gasteiger charge is 2.27. The molecule has 1 aromatic rings. The Morgan fingerprint density at radius 1 is 1.14 bits per heavy atom.